The largest absolute Gasteiger partial charge is 0.379 e. The summed E-state index contributed by atoms with van der Waals surface area (Å²) in [6, 6.07) is 7.14. The van der Waals surface area contributed by atoms with E-state index in [1.54, 1.807) is 12.1 Å². The van der Waals surface area contributed by atoms with Crippen molar-refractivity contribution < 1.29 is 9.13 Å². The van der Waals surface area contributed by atoms with Gasteiger partial charge in [-0.15, -0.1) is 0 Å². The summed E-state index contributed by atoms with van der Waals surface area (Å²) in [6.07, 6.45) is 2.27. The second kappa shape index (κ2) is 5.27. The summed E-state index contributed by atoms with van der Waals surface area (Å²) in [5.41, 5.74) is 0.690. The first-order valence-corrected chi connectivity index (χ1v) is 6.74. The van der Waals surface area contributed by atoms with Crippen LogP contribution in [0.15, 0.2) is 24.3 Å². The molecule has 2 rings (SSSR count). The molecule has 1 saturated carbocycles. The molecular weight excluding hydrogens is 229 g/mol. The zero-order valence-electron chi connectivity index (χ0n) is 11.4. The number of ether oxygens (including phenoxy) is 1. The van der Waals surface area contributed by atoms with Crippen LogP contribution < -0.4 is 5.32 Å². The van der Waals surface area contributed by atoms with Gasteiger partial charge in [0.2, 0.25) is 0 Å². The molecule has 1 aliphatic rings. The molecule has 1 aromatic rings. The molecular formula is C15H22FNO. The third-order valence-electron chi connectivity index (χ3n) is 4.31. The van der Waals surface area contributed by atoms with Crippen LogP contribution in [-0.4, -0.2) is 18.8 Å². The molecule has 100 valence electrons. The number of hydrogen-bond acceptors (Lipinski definition) is 2. The third kappa shape index (κ3) is 2.24. The Bertz CT molecular complexity index is 409. The molecule has 1 fully saturated rings. The molecule has 1 N–H and O–H groups in total. The van der Waals surface area contributed by atoms with E-state index in [4.69, 9.17) is 4.74 Å². The van der Waals surface area contributed by atoms with E-state index >= 15 is 0 Å². The van der Waals surface area contributed by atoms with E-state index in [0.29, 0.717) is 5.69 Å². The quantitative estimate of drug-likeness (QED) is 0.858. The van der Waals surface area contributed by atoms with Crippen molar-refractivity contribution in [3.8, 4) is 0 Å². The summed E-state index contributed by atoms with van der Waals surface area (Å²) >= 11 is 0. The number of nitrogens with one attached hydrogen (secondary N) is 1. The predicted molar refractivity (Wildman–Crippen MR) is 72.2 cm³/mol. The summed E-state index contributed by atoms with van der Waals surface area (Å²) in [6.45, 7) is 7.15. The van der Waals surface area contributed by atoms with Crippen LogP contribution in [0.4, 0.5) is 10.1 Å². The highest BCUT2D eigenvalue weighted by atomic mass is 19.1. The van der Waals surface area contributed by atoms with Crippen LogP contribution in [0.2, 0.25) is 0 Å². The first-order chi connectivity index (χ1) is 8.61. The van der Waals surface area contributed by atoms with Crippen molar-refractivity contribution in [3.63, 3.8) is 0 Å². The molecule has 3 unspecified atom stereocenters. The summed E-state index contributed by atoms with van der Waals surface area (Å²) in [5, 5.41) is 3.32. The van der Waals surface area contributed by atoms with Crippen molar-refractivity contribution in [2.75, 3.05) is 11.9 Å². The molecule has 0 radical (unpaired) electrons. The summed E-state index contributed by atoms with van der Waals surface area (Å²) in [5.74, 6) is -0.184. The SMILES string of the molecule is CCOC1CC(Nc2ccccc2F)C1(C)CC. The molecule has 1 aliphatic carbocycles. The smallest absolute Gasteiger partial charge is 0.146 e. The number of rotatable bonds is 5. The molecule has 3 heteroatoms. The number of para-hydroxylation sites is 1. The second-order valence-electron chi connectivity index (χ2n) is 5.22. The van der Waals surface area contributed by atoms with Crippen LogP contribution >= 0.6 is 0 Å². The standard InChI is InChI=1S/C15H22FNO/c1-4-15(3)13(10-14(15)18-5-2)17-12-9-7-6-8-11(12)16/h6-9,13-14,17H,4-5,10H2,1-3H3. The summed E-state index contributed by atoms with van der Waals surface area (Å²) in [7, 11) is 0. The van der Waals surface area contributed by atoms with Gasteiger partial charge >= 0.3 is 0 Å². The van der Waals surface area contributed by atoms with E-state index < -0.39 is 0 Å². The van der Waals surface area contributed by atoms with Gasteiger partial charge in [-0.1, -0.05) is 26.0 Å². The zero-order valence-corrected chi connectivity index (χ0v) is 11.4. The number of benzene rings is 1. The normalized spacial score (nSPS) is 30.9. The molecule has 2 nitrogen and oxygen atoms in total. The molecule has 3 atom stereocenters. The Morgan fingerprint density at radius 3 is 2.72 bits per heavy atom. The van der Waals surface area contributed by atoms with Crippen LogP contribution in [0.3, 0.4) is 0 Å². The summed E-state index contributed by atoms with van der Waals surface area (Å²) < 4.78 is 19.4. The molecule has 0 aromatic heterocycles. The van der Waals surface area contributed by atoms with Gasteiger partial charge in [0.25, 0.3) is 0 Å². The van der Waals surface area contributed by atoms with E-state index in [9.17, 15) is 4.39 Å². The fraction of sp³-hybridized carbons (Fsp3) is 0.600. The minimum atomic E-state index is -0.184. The predicted octanol–water partition coefficient (Wildman–Crippen LogP) is 3.83. The first kappa shape index (κ1) is 13.3. The van der Waals surface area contributed by atoms with Crippen molar-refractivity contribution in [1.82, 2.24) is 0 Å². The molecule has 1 aromatic carbocycles. The van der Waals surface area contributed by atoms with E-state index in [-0.39, 0.29) is 23.4 Å². The number of anilines is 1. The first-order valence-electron chi connectivity index (χ1n) is 6.74. The van der Waals surface area contributed by atoms with Gasteiger partial charge in [-0.2, -0.15) is 0 Å². The van der Waals surface area contributed by atoms with Crippen LogP contribution in [0.5, 0.6) is 0 Å². The van der Waals surface area contributed by atoms with Crippen molar-refractivity contribution in [2.45, 2.75) is 45.8 Å². The molecule has 0 heterocycles. The second-order valence-corrected chi connectivity index (χ2v) is 5.22. The van der Waals surface area contributed by atoms with Gasteiger partial charge in [0, 0.05) is 18.1 Å². The molecule has 0 amide bonds. The number of halogens is 1. The van der Waals surface area contributed by atoms with Crippen LogP contribution in [0, 0.1) is 11.2 Å². The fourth-order valence-electron chi connectivity index (χ4n) is 2.74. The average Bonchev–Trinajstić information content (AvgIpc) is 2.38. The van der Waals surface area contributed by atoms with Crippen LogP contribution in [0.25, 0.3) is 0 Å². The van der Waals surface area contributed by atoms with Gasteiger partial charge in [-0.05, 0) is 31.9 Å². The monoisotopic (exact) mass is 251 g/mol. The van der Waals surface area contributed by atoms with E-state index in [1.165, 1.54) is 6.07 Å². The third-order valence-corrected chi connectivity index (χ3v) is 4.31. The lowest BCUT2D eigenvalue weighted by Crippen LogP contribution is -2.59. The van der Waals surface area contributed by atoms with Crippen molar-refractivity contribution >= 4 is 5.69 Å². The highest BCUT2D eigenvalue weighted by molar-refractivity contribution is 5.46. The van der Waals surface area contributed by atoms with Gasteiger partial charge in [-0.3, -0.25) is 0 Å². The zero-order chi connectivity index (χ0) is 13.2. The Kier molecular flexibility index (Phi) is 3.91. The lowest BCUT2D eigenvalue weighted by atomic mass is 9.61. The highest BCUT2D eigenvalue weighted by Crippen LogP contribution is 2.47. The minimum Gasteiger partial charge on any atom is -0.379 e. The maximum Gasteiger partial charge on any atom is 0.146 e. The van der Waals surface area contributed by atoms with Crippen LogP contribution in [0.1, 0.15) is 33.6 Å². The Morgan fingerprint density at radius 1 is 1.39 bits per heavy atom. The molecule has 0 spiro atoms. The highest BCUT2D eigenvalue weighted by Gasteiger charge is 2.51. The average molecular weight is 251 g/mol. The Labute approximate surface area is 109 Å². The van der Waals surface area contributed by atoms with Gasteiger partial charge in [0.15, 0.2) is 0 Å². The maximum absolute atomic E-state index is 13.6. The summed E-state index contributed by atoms with van der Waals surface area (Å²) in [4.78, 5) is 0. The number of hydrogen-bond donors (Lipinski definition) is 1. The lowest BCUT2D eigenvalue weighted by molar-refractivity contribution is -0.109. The van der Waals surface area contributed by atoms with E-state index in [2.05, 4.69) is 19.2 Å². The van der Waals surface area contributed by atoms with Crippen molar-refractivity contribution in [2.24, 2.45) is 5.41 Å². The van der Waals surface area contributed by atoms with Gasteiger partial charge in [0.05, 0.1) is 11.8 Å². The Hall–Kier alpha value is -1.09. The minimum absolute atomic E-state index is 0.0955. The van der Waals surface area contributed by atoms with E-state index in [1.807, 2.05) is 13.0 Å². The molecule has 18 heavy (non-hydrogen) atoms. The Balaban J connectivity index is 2.06. The van der Waals surface area contributed by atoms with Gasteiger partial charge in [0.1, 0.15) is 5.82 Å². The maximum atomic E-state index is 13.6. The van der Waals surface area contributed by atoms with Gasteiger partial charge < -0.3 is 10.1 Å². The van der Waals surface area contributed by atoms with Gasteiger partial charge in [-0.25, -0.2) is 4.39 Å². The lowest BCUT2D eigenvalue weighted by Gasteiger charge is -2.53. The van der Waals surface area contributed by atoms with Crippen LogP contribution in [-0.2, 0) is 4.74 Å². The topological polar surface area (TPSA) is 21.3 Å². The fourth-order valence-corrected chi connectivity index (χ4v) is 2.74. The molecule has 0 aliphatic heterocycles. The van der Waals surface area contributed by atoms with Crippen molar-refractivity contribution in [3.05, 3.63) is 30.1 Å². The van der Waals surface area contributed by atoms with E-state index in [0.717, 1.165) is 19.4 Å². The molecule has 0 bridgehead atoms. The molecule has 0 saturated heterocycles. The Morgan fingerprint density at radius 2 is 2.11 bits per heavy atom. The van der Waals surface area contributed by atoms with Crippen molar-refractivity contribution in [1.29, 1.82) is 0 Å².